The highest BCUT2D eigenvalue weighted by Gasteiger charge is 2.44. The van der Waals surface area contributed by atoms with Crippen LogP contribution in [0.5, 0.6) is 0 Å². The topological polar surface area (TPSA) is 24.8 Å². The third kappa shape index (κ3) is 3.83. The molecule has 5 heteroatoms. The second-order valence-electron chi connectivity index (χ2n) is 7.09. The summed E-state index contributed by atoms with van der Waals surface area (Å²) in [4.78, 5) is 7.16. The van der Waals surface area contributed by atoms with Gasteiger partial charge in [0.05, 0.1) is 6.04 Å². The molecule has 0 amide bonds. The Kier molecular flexibility index (Phi) is 5.30. The summed E-state index contributed by atoms with van der Waals surface area (Å²) in [7, 11) is 2.37. The molecule has 3 nitrogen and oxygen atoms in total. The predicted octanol–water partition coefficient (Wildman–Crippen LogP) is 2.96. The van der Waals surface area contributed by atoms with Crippen molar-refractivity contribution in [3.8, 4) is 0 Å². The minimum atomic E-state index is 0.293. The molecule has 2 aliphatic rings. The SMILES string of the molecule is BC1(I)CCCCC2C(C1)O/C(=N/C(C)C)N2C(C)C. The number of alkyl halides is 1. The van der Waals surface area contributed by atoms with E-state index in [1.54, 1.807) is 0 Å². The Balaban J connectivity index is 2.25. The molecule has 1 aliphatic heterocycles. The van der Waals surface area contributed by atoms with E-state index in [0.717, 1.165) is 12.4 Å². The third-order valence-corrected chi connectivity index (χ3v) is 5.24. The summed E-state index contributed by atoms with van der Waals surface area (Å²) < 4.78 is 6.65. The number of amidine groups is 1. The molecule has 2 fully saturated rings. The summed E-state index contributed by atoms with van der Waals surface area (Å²) in [5, 5.41) is 0. The standard InChI is InChI=1S/C15H28BIN2O/c1-10(2)18-14-19(11(3)4)12-7-5-6-8-15(16,17)9-13(12)20-14/h10-13H,5-9,16H2,1-4H3/b18-14+. The summed E-state index contributed by atoms with van der Waals surface area (Å²) in [6, 6.07) is 2.16. The monoisotopic (exact) mass is 390 g/mol. The Bertz CT molecular complexity index is 371. The van der Waals surface area contributed by atoms with E-state index in [-0.39, 0.29) is 0 Å². The van der Waals surface area contributed by atoms with Crippen LogP contribution in [0.4, 0.5) is 0 Å². The predicted molar refractivity (Wildman–Crippen MR) is 96.6 cm³/mol. The summed E-state index contributed by atoms with van der Waals surface area (Å²) in [5.74, 6) is 0. The first-order valence-electron chi connectivity index (χ1n) is 8.02. The Hall–Kier alpha value is 0.0649. The molecule has 1 saturated carbocycles. The number of rotatable bonds is 2. The van der Waals surface area contributed by atoms with Crippen LogP contribution in [0.2, 0.25) is 0 Å². The molecule has 20 heavy (non-hydrogen) atoms. The number of aliphatic imine (C=N–C) groups is 1. The molecule has 0 N–H and O–H groups in total. The van der Waals surface area contributed by atoms with Crippen LogP contribution in [0, 0.1) is 0 Å². The van der Waals surface area contributed by atoms with Crippen molar-refractivity contribution >= 4 is 36.5 Å². The highest BCUT2D eigenvalue weighted by atomic mass is 127. The van der Waals surface area contributed by atoms with Gasteiger partial charge in [0.25, 0.3) is 6.02 Å². The molecule has 1 aliphatic carbocycles. The first-order chi connectivity index (χ1) is 9.30. The highest BCUT2D eigenvalue weighted by Crippen LogP contribution is 2.38. The normalized spacial score (nSPS) is 37.0. The Labute approximate surface area is 138 Å². The fourth-order valence-electron chi connectivity index (χ4n) is 3.39. The highest BCUT2D eigenvalue weighted by molar-refractivity contribution is 14.1. The first kappa shape index (κ1) is 16.4. The molecule has 2 rings (SSSR count). The molecule has 0 spiro atoms. The number of fused-ring (bicyclic) bond motifs is 1. The van der Waals surface area contributed by atoms with Gasteiger partial charge in [-0.15, -0.1) is 0 Å². The maximum absolute atomic E-state index is 6.29. The molecular formula is C15H28BIN2O. The van der Waals surface area contributed by atoms with E-state index in [2.05, 4.69) is 63.0 Å². The van der Waals surface area contributed by atoms with Crippen molar-refractivity contribution in [3.63, 3.8) is 0 Å². The minimum absolute atomic E-state index is 0.293. The lowest BCUT2D eigenvalue weighted by atomic mass is 9.75. The summed E-state index contributed by atoms with van der Waals surface area (Å²) in [6.07, 6.45) is 6.65. The van der Waals surface area contributed by atoms with Gasteiger partial charge in [-0.05, 0) is 50.3 Å². The van der Waals surface area contributed by atoms with Crippen molar-refractivity contribution in [2.75, 3.05) is 0 Å². The van der Waals surface area contributed by atoms with Crippen LogP contribution in [0.25, 0.3) is 0 Å². The summed E-state index contributed by atoms with van der Waals surface area (Å²) in [5.41, 5.74) is 0. The van der Waals surface area contributed by atoms with Gasteiger partial charge in [-0.1, -0.05) is 35.4 Å². The van der Waals surface area contributed by atoms with E-state index in [1.165, 1.54) is 25.7 Å². The lowest BCUT2D eigenvalue weighted by Gasteiger charge is -2.34. The van der Waals surface area contributed by atoms with Crippen LogP contribution in [0.1, 0.15) is 59.8 Å². The molecule has 0 aromatic heterocycles. The smallest absolute Gasteiger partial charge is 0.288 e. The third-order valence-electron chi connectivity index (χ3n) is 4.26. The maximum atomic E-state index is 6.29. The zero-order chi connectivity index (χ0) is 14.9. The molecule has 3 atom stereocenters. The average molecular weight is 390 g/mol. The van der Waals surface area contributed by atoms with Crippen LogP contribution in [0.15, 0.2) is 4.99 Å². The van der Waals surface area contributed by atoms with Gasteiger partial charge in [-0.2, -0.15) is 0 Å². The molecule has 0 radical (unpaired) electrons. The van der Waals surface area contributed by atoms with Crippen LogP contribution in [-0.4, -0.2) is 46.3 Å². The quantitative estimate of drug-likeness (QED) is 0.412. The fourth-order valence-corrected chi connectivity index (χ4v) is 4.20. The zero-order valence-electron chi connectivity index (χ0n) is 13.5. The molecule has 0 aromatic carbocycles. The Morgan fingerprint density at radius 2 is 2.05 bits per heavy atom. The van der Waals surface area contributed by atoms with Crippen molar-refractivity contribution in [2.45, 2.75) is 87.3 Å². The molecule has 1 saturated heterocycles. The average Bonchev–Trinajstić information content (AvgIpc) is 2.58. The van der Waals surface area contributed by atoms with E-state index in [1.807, 2.05) is 0 Å². The van der Waals surface area contributed by atoms with E-state index < -0.39 is 0 Å². The number of ether oxygens (including phenoxy) is 1. The summed E-state index contributed by atoms with van der Waals surface area (Å²) in [6.45, 7) is 8.75. The number of nitrogens with zero attached hydrogens (tertiary/aromatic N) is 2. The number of halogens is 1. The van der Waals surface area contributed by atoms with E-state index in [9.17, 15) is 0 Å². The molecular weight excluding hydrogens is 362 g/mol. The summed E-state index contributed by atoms with van der Waals surface area (Å²) >= 11 is 2.63. The van der Waals surface area contributed by atoms with Crippen molar-refractivity contribution in [1.82, 2.24) is 4.90 Å². The Morgan fingerprint density at radius 3 is 2.65 bits per heavy atom. The van der Waals surface area contributed by atoms with E-state index in [0.29, 0.717) is 27.6 Å². The molecule has 1 heterocycles. The number of hydrogen-bond acceptors (Lipinski definition) is 2. The van der Waals surface area contributed by atoms with Crippen LogP contribution in [-0.2, 0) is 4.74 Å². The lowest BCUT2D eigenvalue weighted by Crippen LogP contribution is -2.44. The van der Waals surface area contributed by atoms with Gasteiger partial charge < -0.3 is 9.64 Å². The molecule has 114 valence electrons. The van der Waals surface area contributed by atoms with Gasteiger partial charge in [-0.3, -0.25) is 0 Å². The Morgan fingerprint density at radius 1 is 1.35 bits per heavy atom. The van der Waals surface area contributed by atoms with Crippen LogP contribution in [0.3, 0.4) is 0 Å². The fraction of sp³-hybridized carbons (Fsp3) is 0.933. The van der Waals surface area contributed by atoms with Gasteiger partial charge in [0.2, 0.25) is 0 Å². The molecule has 3 unspecified atom stereocenters. The zero-order valence-corrected chi connectivity index (χ0v) is 15.7. The maximum Gasteiger partial charge on any atom is 0.288 e. The molecule has 0 bridgehead atoms. The van der Waals surface area contributed by atoms with Crippen LogP contribution >= 0.6 is 22.6 Å². The van der Waals surface area contributed by atoms with Crippen molar-refractivity contribution in [1.29, 1.82) is 0 Å². The van der Waals surface area contributed by atoms with Crippen LogP contribution < -0.4 is 0 Å². The molecule has 0 aromatic rings. The van der Waals surface area contributed by atoms with E-state index in [4.69, 9.17) is 9.73 Å². The number of hydrogen-bond donors (Lipinski definition) is 0. The van der Waals surface area contributed by atoms with Gasteiger partial charge in [-0.25, -0.2) is 4.99 Å². The van der Waals surface area contributed by atoms with Gasteiger partial charge >= 0.3 is 0 Å². The van der Waals surface area contributed by atoms with E-state index >= 15 is 0 Å². The van der Waals surface area contributed by atoms with Gasteiger partial charge in [0.1, 0.15) is 14.0 Å². The second-order valence-corrected chi connectivity index (χ2v) is 9.70. The second kappa shape index (κ2) is 6.45. The van der Waals surface area contributed by atoms with Crippen molar-refractivity contribution in [2.24, 2.45) is 4.99 Å². The van der Waals surface area contributed by atoms with Crippen molar-refractivity contribution < 1.29 is 4.74 Å². The minimum Gasteiger partial charge on any atom is -0.460 e. The first-order valence-corrected chi connectivity index (χ1v) is 9.10. The van der Waals surface area contributed by atoms with Gasteiger partial charge in [0, 0.05) is 12.1 Å². The lowest BCUT2D eigenvalue weighted by molar-refractivity contribution is 0.149. The largest absolute Gasteiger partial charge is 0.460 e. The van der Waals surface area contributed by atoms with Crippen molar-refractivity contribution in [3.05, 3.63) is 0 Å². The van der Waals surface area contributed by atoms with Gasteiger partial charge in [0.15, 0.2) is 0 Å².